The van der Waals surface area contributed by atoms with Crippen molar-refractivity contribution in [2.24, 2.45) is 0 Å². The Morgan fingerprint density at radius 1 is 1.08 bits per heavy atom. The summed E-state index contributed by atoms with van der Waals surface area (Å²) < 4.78 is 0. The van der Waals surface area contributed by atoms with Gasteiger partial charge in [0.2, 0.25) is 5.91 Å². The average Bonchev–Trinajstić information content (AvgIpc) is 2.93. The standard InChI is InChI=1S/C20H21N3O2/c1-13-10-17-11-15(6-7-19(17)22-13)8-9-21-20(25)16-4-3-5-18(12-16)23-14(2)24/h3-7,10-12,22H,8-9H2,1-2H3,(H,21,25)(H,23,24). The van der Waals surface area contributed by atoms with E-state index in [-0.39, 0.29) is 11.8 Å². The van der Waals surface area contributed by atoms with E-state index in [1.54, 1.807) is 24.3 Å². The van der Waals surface area contributed by atoms with E-state index in [2.05, 4.69) is 39.9 Å². The van der Waals surface area contributed by atoms with Gasteiger partial charge in [-0.25, -0.2) is 0 Å². The van der Waals surface area contributed by atoms with Crippen molar-refractivity contribution in [1.82, 2.24) is 10.3 Å². The zero-order valence-corrected chi connectivity index (χ0v) is 14.3. The van der Waals surface area contributed by atoms with Crippen LogP contribution >= 0.6 is 0 Å². The number of H-pyrrole nitrogens is 1. The highest BCUT2D eigenvalue weighted by atomic mass is 16.2. The molecule has 0 fully saturated rings. The summed E-state index contributed by atoms with van der Waals surface area (Å²) in [5, 5.41) is 6.79. The second-order valence-electron chi connectivity index (χ2n) is 6.14. The molecule has 3 N–H and O–H groups in total. The van der Waals surface area contributed by atoms with Crippen molar-refractivity contribution in [3.63, 3.8) is 0 Å². The summed E-state index contributed by atoms with van der Waals surface area (Å²) >= 11 is 0. The first-order valence-electron chi connectivity index (χ1n) is 8.25. The van der Waals surface area contributed by atoms with Crippen molar-refractivity contribution in [1.29, 1.82) is 0 Å². The van der Waals surface area contributed by atoms with Crippen LogP contribution < -0.4 is 10.6 Å². The van der Waals surface area contributed by atoms with Crippen LogP contribution in [0.15, 0.2) is 48.5 Å². The minimum atomic E-state index is -0.159. The smallest absolute Gasteiger partial charge is 0.251 e. The fourth-order valence-electron chi connectivity index (χ4n) is 2.85. The summed E-state index contributed by atoms with van der Waals surface area (Å²) in [5.74, 6) is -0.307. The SMILES string of the molecule is CC(=O)Nc1cccc(C(=O)NCCc2ccc3[nH]c(C)cc3c2)c1. The molecule has 2 aromatic carbocycles. The van der Waals surface area contributed by atoms with Crippen LogP contribution in [0.25, 0.3) is 10.9 Å². The lowest BCUT2D eigenvalue weighted by molar-refractivity contribution is -0.114. The zero-order chi connectivity index (χ0) is 17.8. The van der Waals surface area contributed by atoms with Gasteiger partial charge in [0.25, 0.3) is 5.91 Å². The van der Waals surface area contributed by atoms with Gasteiger partial charge in [-0.1, -0.05) is 12.1 Å². The van der Waals surface area contributed by atoms with E-state index in [0.717, 1.165) is 17.6 Å². The van der Waals surface area contributed by atoms with Crippen LogP contribution in [0.3, 0.4) is 0 Å². The van der Waals surface area contributed by atoms with Crippen LogP contribution in [0.5, 0.6) is 0 Å². The summed E-state index contributed by atoms with van der Waals surface area (Å²) in [6.45, 7) is 4.03. The lowest BCUT2D eigenvalue weighted by Gasteiger charge is -2.08. The van der Waals surface area contributed by atoms with Gasteiger partial charge in [-0.15, -0.1) is 0 Å². The maximum absolute atomic E-state index is 12.3. The Morgan fingerprint density at radius 2 is 1.92 bits per heavy atom. The van der Waals surface area contributed by atoms with Gasteiger partial charge >= 0.3 is 0 Å². The summed E-state index contributed by atoms with van der Waals surface area (Å²) in [5.41, 5.74) is 4.59. The second-order valence-corrected chi connectivity index (χ2v) is 6.14. The van der Waals surface area contributed by atoms with Crippen LogP contribution in [0, 0.1) is 6.92 Å². The van der Waals surface area contributed by atoms with E-state index in [1.807, 2.05) is 6.92 Å². The summed E-state index contributed by atoms with van der Waals surface area (Å²) in [6, 6.07) is 15.3. The number of benzene rings is 2. The largest absolute Gasteiger partial charge is 0.359 e. The van der Waals surface area contributed by atoms with Crippen LogP contribution in [-0.4, -0.2) is 23.3 Å². The lowest BCUT2D eigenvalue weighted by atomic mass is 10.1. The number of aromatic amines is 1. The van der Waals surface area contributed by atoms with Crippen molar-refractivity contribution in [2.75, 3.05) is 11.9 Å². The molecule has 25 heavy (non-hydrogen) atoms. The molecule has 0 aliphatic heterocycles. The zero-order valence-electron chi connectivity index (χ0n) is 14.3. The molecule has 3 rings (SSSR count). The van der Waals surface area contributed by atoms with Crippen LogP contribution in [0.2, 0.25) is 0 Å². The molecule has 0 aliphatic carbocycles. The van der Waals surface area contributed by atoms with Crippen molar-refractivity contribution >= 4 is 28.4 Å². The Labute approximate surface area is 146 Å². The first-order valence-corrected chi connectivity index (χ1v) is 8.25. The third-order valence-electron chi connectivity index (χ3n) is 3.96. The van der Waals surface area contributed by atoms with Gasteiger partial charge in [0.1, 0.15) is 0 Å². The second kappa shape index (κ2) is 7.21. The number of amides is 2. The highest BCUT2D eigenvalue weighted by Gasteiger charge is 2.07. The Morgan fingerprint density at radius 3 is 2.72 bits per heavy atom. The molecule has 0 saturated heterocycles. The maximum Gasteiger partial charge on any atom is 0.251 e. The van der Waals surface area contributed by atoms with E-state index in [1.165, 1.54) is 17.9 Å². The van der Waals surface area contributed by atoms with Gasteiger partial charge in [0, 0.05) is 35.9 Å². The molecule has 0 unspecified atom stereocenters. The van der Waals surface area contributed by atoms with E-state index < -0.39 is 0 Å². The first-order chi connectivity index (χ1) is 12.0. The molecule has 5 heteroatoms. The van der Waals surface area contributed by atoms with Gasteiger partial charge in [-0.3, -0.25) is 9.59 Å². The average molecular weight is 335 g/mol. The van der Waals surface area contributed by atoms with E-state index in [9.17, 15) is 9.59 Å². The van der Waals surface area contributed by atoms with E-state index >= 15 is 0 Å². The highest BCUT2D eigenvalue weighted by molar-refractivity contribution is 5.96. The molecule has 0 bridgehead atoms. The molecule has 2 amide bonds. The molecule has 1 heterocycles. The monoisotopic (exact) mass is 335 g/mol. The van der Waals surface area contributed by atoms with Gasteiger partial charge in [-0.05, 0) is 60.7 Å². The Hall–Kier alpha value is -3.08. The molecular formula is C20H21N3O2. The number of fused-ring (bicyclic) bond motifs is 1. The van der Waals surface area contributed by atoms with Gasteiger partial charge < -0.3 is 15.6 Å². The fraction of sp³-hybridized carbons (Fsp3) is 0.200. The van der Waals surface area contributed by atoms with Crippen molar-refractivity contribution < 1.29 is 9.59 Å². The van der Waals surface area contributed by atoms with Gasteiger partial charge in [0.15, 0.2) is 0 Å². The molecule has 128 valence electrons. The predicted octanol–water partition coefficient (Wildman–Crippen LogP) is 3.41. The van der Waals surface area contributed by atoms with Gasteiger partial charge in [-0.2, -0.15) is 0 Å². The van der Waals surface area contributed by atoms with Crippen molar-refractivity contribution in [3.8, 4) is 0 Å². The molecular weight excluding hydrogens is 314 g/mol. The fourth-order valence-corrected chi connectivity index (χ4v) is 2.85. The minimum Gasteiger partial charge on any atom is -0.359 e. The predicted molar refractivity (Wildman–Crippen MR) is 99.8 cm³/mol. The number of rotatable bonds is 5. The number of carbonyl (C=O) groups is 2. The van der Waals surface area contributed by atoms with E-state index in [0.29, 0.717) is 17.8 Å². The number of aryl methyl sites for hydroxylation is 1. The maximum atomic E-state index is 12.3. The molecule has 1 aromatic heterocycles. The quantitative estimate of drug-likeness (QED) is 0.668. The number of hydrogen-bond donors (Lipinski definition) is 3. The molecule has 0 spiro atoms. The van der Waals surface area contributed by atoms with Crippen LogP contribution in [0.4, 0.5) is 5.69 Å². The Balaban J connectivity index is 1.59. The number of anilines is 1. The van der Waals surface area contributed by atoms with E-state index in [4.69, 9.17) is 0 Å². The summed E-state index contributed by atoms with van der Waals surface area (Å²) in [6.07, 6.45) is 0.761. The molecule has 0 saturated carbocycles. The van der Waals surface area contributed by atoms with Crippen LogP contribution in [-0.2, 0) is 11.2 Å². The van der Waals surface area contributed by atoms with Crippen molar-refractivity contribution in [2.45, 2.75) is 20.3 Å². The van der Waals surface area contributed by atoms with Crippen molar-refractivity contribution in [3.05, 3.63) is 65.4 Å². The molecule has 3 aromatic rings. The van der Waals surface area contributed by atoms with Gasteiger partial charge in [0.05, 0.1) is 0 Å². The Kier molecular flexibility index (Phi) is 4.84. The molecule has 0 aliphatic rings. The lowest BCUT2D eigenvalue weighted by Crippen LogP contribution is -2.25. The third kappa shape index (κ3) is 4.26. The first kappa shape index (κ1) is 16.8. The molecule has 0 radical (unpaired) electrons. The number of hydrogen-bond acceptors (Lipinski definition) is 2. The summed E-state index contributed by atoms with van der Waals surface area (Å²) in [4.78, 5) is 26.7. The number of nitrogens with one attached hydrogen (secondary N) is 3. The highest BCUT2D eigenvalue weighted by Crippen LogP contribution is 2.17. The molecule has 5 nitrogen and oxygen atoms in total. The normalized spacial score (nSPS) is 10.6. The molecule has 0 atom stereocenters. The number of aromatic nitrogens is 1. The minimum absolute atomic E-state index is 0.147. The number of carbonyl (C=O) groups excluding carboxylic acids is 2. The topological polar surface area (TPSA) is 74.0 Å². The Bertz CT molecular complexity index is 928. The third-order valence-corrected chi connectivity index (χ3v) is 3.96. The van der Waals surface area contributed by atoms with Crippen LogP contribution in [0.1, 0.15) is 28.5 Å². The summed E-state index contributed by atoms with van der Waals surface area (Å²) in [7, 11) is 0.